The minimum absolute atomic E-state index is 0.0707. The second-order valence-electron chi connectivity index (χ2n) is 17.1. The summed E-state index contributed by atoms with van der Waals surface area (Å²) in [6, 6.07) is 0.449. The van der Waals surface area contributed by atoms with Gasteiger partial charge in [-0.2, -0.15) is 0 Å². The first-order valence-corrected chi connectivity index (χ1v) is 20.1. The molecule has 0 aromatic carbocycles. The Bertz CT molecular complexity index is 947. The first-order chi connectivity index (χ1) is 23.6. The van der Waals surface area contributed by atoms with Gasteiger partial charge in [-0.25, -0.2) is 0 Å². The Morgan fingerprint density at radius 2 is 1.26 bits per heavy atom. The molecule has 0 spiro atoms. The fourth-order valence-corrected chi connectivity index (χ4v) is 7.83. The molecular weight excluding hydrogens is 636 g/mol. The highest BCUT2D eigenvalue weighted by Gasteiger charge is 2.48. The van der Waals surface area contributed by atoms with Crippen molar-refractivity contribution in [3.8, 4) is 0 Å². The van der Waals surface area contributed by atoms with Gasteiger partial charge in [0.25, 0.3) is 11.8 Å². The third-order valence-corrected chi connectivity index (χ3v) is 10.5. The monoisotopic (exact) mass is 714 g/mol. The van der Waals surface area contributed by atoms with Gasteiger partial charge in [0, 0.05) is 43.6 Å². The maximum absolute atomic E-state index is 12.7. The van der Waals surface area contributed by atoms with E-state index >= 15 is 0 Å². The Hall–Kier alpha value is -1.34. The van der Waals surface area contributed by atoms with Crippen LogP contribution in [0.2, 0.25) is 0 Å². The third-order valence-electron chi connectivity index (χ3n) is 10.5. The molecule has 2 heterocycles. The first kappa shape index (κ1) is 44.8. The summed E-state index contributed by atoms with van der Waals surface area (Å²) in [6.45, 7) is 13.3. The molecule has 11 nitrogen and oxygen atoms in total. The second-order valence-corrected chi connectivity index (χ2v) is 17.1. The molecule has 0 aromatic rings. The summed E-state index contributed by atoms with van der Waals surface area (Å²) in [6.07, 6.45) is 13.2. The molecule has 0 aromatic heterocycles. The lowest BCUT2D eigenvalue weighted by Gasteiger charge is -2.51. The smallest absolute Gasteiger partial charge is 0.275 e. The maximum Gasteiger partial charge on any atom is 0.275 e. The van der Waals surface area contributed by atoms with Crippen molar-refractivity contribution in [2.45, 2.75) is 198 Å². The van der Waals surface area contributed by atoms with Gasteiger partial charge in [0.05, 0.1) is 20.1 Å². The highest BCUT2D eigenvalue weighted by molar-refractivity contribution is 5.81. The van der Waals surface area contributed by atoms with Crippen molar-refractivity contribution in [2.24, 2.45) is 0 Å². The lowest BCUT2D eigenvalue weighted by molar-refractivity contribution is -0.910. The van der Waals surface area contributed by atoms with Gasteiger partial charge < -0.3 is 45.2 Å². The highest BCUT2D eigenvalue weighted by atomic mass is 16.7. The largest absolute Gasteiger partial charge is 0.387 e. The van der Waals surface area contributed by atoms with E-state index in [9.17, 15) is 24.9 Å². The number of unbranched alkanes of at least 4 members (excludes halogenated alkanes) is 14. The van der Waals surface area contributed by atoms with Crippen LogP contribution in [0.15, 0.2) is 0 Å². The van der Waals surface area contributed by atoms with Crippen molar-refractivity contribution >= 4 is 11.8 Å². The molecule has 5 atom stereocenters. The molecule has 50 heavy (non-hydrogen) atoms. The minimum Gasteiger partial charge on any atom is -0.387 e. The van der Waals surface area contributed by atoms with Crippen LogP contribution in [0.25, 0.3) is 0 Å². The molecule has 2 fully saturated rings. The van der Waals surface area contributed by atoms with E-state index in [0.29, 0.717) is 25.7 Å². The standard InChI is InChI=1S/C39H76N4O7/c1-8-9-10-11-20-23-26-49-37-33(46)32(45)35(50-37)34(47)36(48)41-25-22-19-17-15-13-12-14-16-18-21-24-40-31(44)29-43(6,7)30-27-38(2,3)42-39(4,5)28-30/h30,32-35,37,42,45-47H,8-29H2,1-7H3,(H-,40,41,44,48)/p+1/t32-,33-,34+,35+,37-/m1/s1. The number of quaternary nitrogens is 1. The van der Waals surface area contributed by atoms with Crippen molar-refractivity contribution in [1.82, 2.24) is 16.0 Å². The number of hydrogen-bond donors (Lipinski definition) is 6. The predicted octanol–water partition coefficient (Wildman–Crippen LogP) is 4.69. The van der Waals surface area contributed by atoms with Crippen LogP contribution >= 0.6 is 0 Å². The number of rotatable bonds is 26. The molecular formula is C39H77N4O7+. The van der Waals surface area contributed by atoms with Gasteiger partial charge in [-0.05, 0) is 47.0 Å². The van der Waals surface area contributed by atoms with Crippen molar-refractivity contribution in [1.29, 1.82) is 0 Å². The van der Waals surface area contributed by atoms with Gasteiger partial charge in [-0.3, -0.25) is 9.59 Å². The van der Waals surface area contributed by atoms with Gasteiger partial charge in [0.15, 0.2) is 18.9 Å². The summed E-state index contributed by atoms with van der Waals surface area (Å²) < 4.78 is 11.8. The fraction of sp³-hybridized carbons (Fsp3) is 0.949. The van der Waals surface area contributed by atoms with E-state index in [1.54, 1.807) is 0 Å². The van der Waals surface area contributed by atoms with E-state index in [1.807, 2.05) is 0 Å². The molecule has 0 unspecified atom stereocenters. The highest BCUT2D eigenvalue weighted by Crippen LogP contribution is 2.33. The number of ether oxygens (including phenoxy) is 2. The zero-order chi connectivity index (χ0) is 37.2. The van der Waals surface area contributed by atoms with Crippen molar-refractivity contribution in [3.05, 3.63) is 0 Å². The van der Waals surface area contributed by atoms with E-state index in [1.165, 1.54) is 44.9 Å². The number of aliphatic hydroxyl groups is 3. The van der Waals surface area contributed by atoms with Crippen LogP contribution in [0.4, 0.5) is 0 Å². The number of nitrogens with one attached hydrogen (secondary N) is 3. The van der Waals surface area contributed by atoms with E-state index in [4.69, 9.17) is 9.47 Å². The van der Waals surface area contributed by atoms with E-state index in [0.717, 1.165) is 81.7 Å². The Kier molecular flexibility index (Phi) is 20.3. The molecule has 0 radical (unpaired) electrons. The van der Waals surface area contributed by atoms with E-state index < -0.39 is 36.6 Å². The Morgan fingerprint density at radius 3 is 1.80 bits per heavy atom. The number of nitrogens with zero attached hydrogens (tertiary/aromatic N) is 1. The molecule has 2 rings (SSSR count). The summed E-state index contributed by atoms with van der Waals surface area (Å²) in [5.74, 6) is -0.454. The molecule has 294 valence electrons. The average molecular weight is 714 g/mol. The summed E-state index contributed by atoms with van der Waals surface area (Å²) in [5.41, 5.74) is 0.141. The number of carbonyl (C=O) groups excluding carboxylic acids is 2. The molecule has 6 N–H and O–H groups in total. The fourth-order valence-electron chi connectivity index (χ4n) is 7.83. The van der Waals surface area contributed by atoms with Crippen LogP contribution in [0.5, 0.6) is 0 Å². The van der Waals surface area contributed by atoms with Crippen molar-refractivity contribution in [2.75, 3.05) is 40.3 Å². The third kappa shape index (κ3) is 17.0. The number of carbonyl (C=O) groups is 2. The van der Waals surface area contributed by atoms with E-state index in [-0.39, 0.29) is 17.0 Å². The lowest BCUT2D eigenvalue weighted by atomic mass is 9.78. The van der Waals surface area contributed by atoms with Crippen LogP contribution in [-0.4, -0.2) is 120 Å². The summed E-state index contributed by atoms with van der Waals surface area (Å²) in [5, 5.41) is 40.7. The summed E-state index contributed by atoms with van der Waals surface area (Å²) in [4.78, 5) is 25.2. The Morgan fingerprint density at radius 1 is 0.780 bits per heavy atom. The molecule has 11 heteroatoms. The summed E-state index contributed by atoms with van der Waals surface area (Å²) >= 11 is 0. The normalized spacial score (nSPS) is 24.3. The van der Waals surface area contributed by atoms with Gasteiger partial charge in [0.2, 0.25) is 0 Å². The SMILES string of the molecule is CCCCCCCCO[C@@H]1O[C@H]([C@H](O)C(=O)NCCCCCCCCCCCCNC(=O)C[N+](C)(C)C2CC(C)(C)NC(C)(C)C2)[C@H](O)[C@H]1O. The zero-order valence-electron chi connectivity index (χ0n) is 32.9. The molecule has 2 aliphatic heterocycles. The number of hydrogen-bond acceptors (Lipinski definition) is 8. The molecule has 0 aliphatic carbocycles. The van der Waals surface area contributed by atoms with E-state index in [2.05, 4.69) is 64.7 Å². The molecule has 2 amide bonds. The molecule has 0 saturated carbocycles. The number of amides is 2. The molecule has 0 bridgehead atoms. The maximum atomic E-state index is 12.7. The molecule has 2 saturated heterocycles. The zero-order valence-corrected chi connectivity index (χ0v) is 32.9. The average Bonchev–Trinajstić information content (AvgIpc) is 3.31. The minimum atomic E-state index is -1.57. The Balaban J connectivity index is 1.44. The van der Waals surface area contributed by atoms with Crippen LogP contribution in [0, 0.1) is 0 Å². The predicted molar refractivity (Wildman–Crippen MR) is 199 cm³/mol. The van der Waals surface area contributed by atoms with Crippen LogP contribution in [0.3, 0.4) is 0 Å². The topological polar surface area (TPSA) is 149 Å². The van der Waals surface area contributed by atoms with Gasteiger partial charge in [0.1, 0.15) is 18.3 Å². The van der Waals surface area contributed by atoms with Crippen molar-refractivity contribution in [3.63, 3.8) is 0 Å². The quantitative estimate of drug-likeness (QED) is 0.0559. The molecule has 2 aliphatic rings. The first-order valence-electron chi connectivity index (χ1n) is 20.1. The lowest BCUT2D eigenvalue weighted by Crippen LogP contribution is -2.66. The van der Waals surface area contributed by atoms with Gasteiger partial charge >= 0.3 is 0 Å². The van der Waals surface area contributed by atoms with Crippen LogP contribution < -0.4 is 16.0 Å². The Labute approximate surface area is 304 Å². The number of aliphatic hydroxyl groups excluding tert-OH is 3. The van der Waals surface area contributed by atoms with Gasteiger partial charge in [-0.15, -0.1) is 0 Å². The second kappa shape index (κ2) is 22.7. The summed E-state index contributed by atoms with van der Waals surface area (Å²) in [7, 11) is 4.39. The van der Waals surface area contributed by atoms with Crippen molar-refractivity contribution < 1.29 is 38.9 Å². The number of likely N-dealkylation sites (N-methyl/N-ethyl adjacent to an activating group) is 1. The van der Waals surface area contributed by atoms with Crippen LogP contribution in [0.1, 0.15) is 150 Å². The van der Waals surface area contributed by atoms with Crippen LogP contribution in [-0.2, 0) is 19.1 Å². The van der Waals surface area contributed by atoms with Gasteiger partial charge in [-0.1, -0.05) is 90.4 Å². The number of piperidine rings is 1.